The Morgan fingerprint density at radius 2 is 2.00 bits per heavy atom. The first kappa shape index (κ1) is 14.4. The minimum absolute atomic E-state index is 0.736. The van der Waals surface area contributed by atoms with Crippen LogP contribution in [0.3, 0.4) is 0 Å². The molecular formula is C16H17BrN2O2. The number of hydrogen-bond acceptors (Lipinski definition) is 4. The number of hydrogen-bond donors (Lipinski definition) is 0. The van der Waals surface area contributed by atoms with Gasteiger partial charge in [0, 0.05) is 19.2 Å². The molecule has 2 heterocycles. The van der Waals surface area contributed by atoms with Gasteiger partial charge in [0.05, 0.1) is 29.6 Å². The SMILES string of the molecule is Cc1ccccc1N=Cc1cc(Br)c(N2CCOCC2)o1. The van der Waals surface area contributed by atoms with Crippen molar-refractivity contribution in [2.45, 2.75) is 6.92 Å². The van der Waals surface area contributed by atoms with Crippen molar-refractivity contribution in [2.24, 2.45) is 4.99 Å². The van der Waals surface area contributed by atoms with Crippen LogP contribution in [0.4, 0.5) is 11.6 Å². The summed E-state index contributed by atoms with van der Waals surface area (Å²) in [5.74, 6) is 1.59. The molecule has 21 heavy (non-hydrogen) atoms. The Bertz CT molecular complexity index is 645. The average molecular weight is 349 g/mol. The van der Waals surface area contributed by atoms with Crippen LogP contribution in [0.1, 0.15) is 11.3 Å². The van der Waals surface area contributed by atoms with E-state index in [1.807, 2.05) is 37.3 Å². The lowest BCUT2D eigenvalue weighted by atomic mass is 10.2. The van der Waals surface area contributed by atoms with E-state index in [-0.39, 0.29) is 0 Å². The lowest BCUT2D eigenvalue weighted by Crippen LogP contribution is -2.36. The molecule has 1 fully saturated rings. The zero-order valence-electron chi connectivity index (χ0n) is 11.9. The summed E-state index contributed by atoms with van der Waals surface area (Å²) < 4.78 is 12.2. The third-order valence-electron chi connectivity index (χ3n) is 3.43. The van der Waals surface area contributed by atoms with Crippen LogP contribution in [0.15, 0.2) is 44.2 Å². The molecule has 0 amide bonds. The molecule has 1 aromatic heterocycles. The van der Waals surface area contributed by atoms with Crippen LogP contribution in [0.2, 0.25) is 0 Å². The summed E-state index contributed by atoms with van der Waals surface area (Å²) in [6.07, 6.45) is 1.76. The molecule has 0 N–H and O–H groups in total. The van der Waals surface area contributed by atoms with E-state index in [2.05, 4.69) is 25.8 Å². The second-order valence-corrected chi connectivity index (χ2v) is 5.80. The van der Waals surface area contributed by atoms with Crippen molar-refractivity contribution in [1.29, 1.82) is 0 Å². The highest BCUT2D eigenvalue weighted by Gasteiger charge is 2.18. The maximum absolute atomic E-state index is 5.89. The monoisotopic (exact) mass is 348 g/mol. The Hall–Kier alpha value is -1.59. The van der Waals surface area contributed by atoms with Crippen LogP contribution in [-0.4, -0.2) is 32.5 Å². The standard InChI is InChI=1S/C16H17BrN2O2/c1-12-4-2-3-5-15(12)18-11-13-10-14(17)16(21-13)19-6-8-20-9-7-19/h2-5,10-11H,6-9H2,1H3. The van der Waals surface area contributed by atoms with E-state index in [1.165, 1.54) is 0 Å². The molecule has 4 nitrogen and oxygen atoms in total. The maximum atomic E-state index is 5.89. The quantitative estimate of drug-likeness (QED) is 0.788. The highest BCUT2D eigenvalue weighted by Crippen LogP contribution is 2.30. The van der Waals surface area contributed by atoms with Gasteiger partial charge < -0.3 is 14.1 Å². The second-order valence-electron chi connectivity index (χ2n) is 4.95. The Balaban J connectivity index is 1.79. The average Bonchev–Trinajstić information content (AvgIpc) is 2.88. The fourth-order valence-corrected chi connectivity index (χ4v) is 2.82. The largest absolute Gasteiger partial charge is 0.438 e. The number of aryl methyl sites for hydroxylation is 1. The number of anilines is 1. The molecule has 0 unspecified atom stereocenters. The van der Waals surface area contributed by atoms with Gasteiger partial charge in [-0.1, -0.05) is 18.2 Å². The van der Waals surface area contributed by atoms with Crippen LogP contribution in [0, 0.1) is 6.92 Å². The summed E-state index contributed by atoms with van der Waals surface area (Å²) >= 11 is 3.56. The minimum atomic E-state index is 0.736. The predicted octanol–water partition coefficient (Wildman–Crippen LogP) is 3.94. The molecule has 1 aromatic carbocycles. The summed E-state index contributed by atoms with van der Waals surface area (Å²) in [6.45, 7) is 5.21. The number of furan rings is 1. The van der Waals surface area contributed by atoms with E-state index in [1.54, 1.807) is 6.21 Å². The van der Waals surface area contributed by atoms with E-state index >= 15 is 0 Å². The number of aliphatic imine (C=N–C) groups is 1. The van der Waals surface area contributed by atoms with E-state index in [0.717, 1.165) is 53.7 Å². The molecule has 1 saturated heterocycles. The van der Waals surface area contributed by atoms with E-state index in [9.17, 15) is 0 Å². The number of halogens is 1. The van der Waals surface area contributed by atoms with Gasteiger partial charge in [-0.3, -0.25) is 4.99 Å². The summed E-state index contributed by atoms with van der Waals surface area (Å²) in [5.41, 5.74) is 2.10. The molecule has 3 rings (SSSR count). The van der Waals surface area contributed by atoms with Crippen LogP contribution >= 0.6 is 15.9 Å². The van der Waals surface area contributed by atoms with Gasteiger partial charge in [0.25, 0.3) is 0 Å². The van der Waals surface area contributed by atoms with Crippen molar-refractivity contribution >= 4 is 33.7 Å². The van der Waals surface area contributed by atoms with Gasteiger partial charge in [0.15, 0.2) is 0 Å². The minimum Gasteiger partial charge on any atom is -0.438 e. The third-order valence-corrected chi connectivity index (χ3v) is 4.00. The van der Waals surface area contributed by atoms with Crippen LogP contribution in [-0.2, 0) is 4.74 Å². The van der Waals surface area contributed by atoms with Gasteiger partial charge in [-0.25, -0.2) is 0 Å². The maximum Gasteiger partial charge on any atom is 0.210 e. The molecule has 110 valence electrons. The molecule has 0 spiro atoms. The molecule has 0 radical (unpaired) electrons. The van der Waals surface area contributed by atoms with Crippen LogP contribution in [0.25, 0.3) is 0 Å². The fourth-order valence-electron chi connectivity index (χ4n) is 2.26. The third kappa shape index (κ3) is 3.36. The number of para-hydroxylation sites is 1. The van der Waals surface area contributed by atoms with Gasteiger partial charge >= 0.3 is 0 Å². The molecule has 0 saturated carbocycles. The van der Waals surface area contributed by atoms with Crippen molar-refractivity contribution in [2.75, 3.05) is 31.2 Å². The fraction of sp³-hybridized carbons (Fsp3) is 0.312. The van der Waals surface area contributed by atoms with Crippen molar-refractivity contribution in [1.82, 2.24) is 0 Å². The van der Waals surface area contributed by atoms with Crippen molar-refractivity contribution in [3.8, 4) is 0 Å². The molecule has 2 aromatic rings. The number of rotatable bonds is 3. The second kappa shape index (κ2) is 6.45. The Morgan fingerprint density at radius 1 is 1.24 bits per heavy atom. The highest BCUT2D eigenvalue weighted by molar-refractivity contribution is 9.10. The smallest absolute Gasteiger partial charge is 0.210 e. The van der Waals surface area contributed by atoms with Crippen molar-refractivity contribution < 1.29 is 9.15 Å². The molecule has 0 atom stereocenters. The zero-order valence-corrected chi connectivity index (χ0v) is 13.5. The van der Waals surface area contributed by atoms with Gasteiger partial charge in [-0.05, 0) is 34.5 Å². The van der Waals surface area contributed by atoms with Gasteiger partial charge in [-0.15, -0.1) is 0 Å². The summed E-state index contributed by atoms with van der Waals surface area (Å²) in [4.78, 5) is 6.67. The first-order chi connectivity index (χ1) is 10.2. The normalized spacial score (nSPS) is 15.8. The van der Waals surface area contributed by atoms with Crippen molar-refractivity contribution in [3.05, 3.63) is 46.1 Å². The lowest BCUT2D eigenvalue weighted by Gasteiger charge is -2.26. The molecule has 0 aliphatic carbocycles. The Labute approximate surface area is 132 Å². The molecule has 1 aliphatic heterocycles. The number of ether oxygens (including phenoxy) is 1. The molecular weight excluding hydrogens is 332 g/mol. The summed E-state index contributed by atoms with van der Waals surface area (Å²) in [6, 6.07) is 9.98. The zero-order chi connectivity index (χ0) is 14.7. The van der Waals surface area contributed by atoms with Gasteiger partial charge in [-0.2, -0.15) is 0 Å². The number of morpholine rings is 1. The van der Waals surface area contributed by atoms with Gasteiger partial charge in [0.1, 0.15) is 5.76 Å². The first-order valence-electron chi connectivity index (χ1n) is 6.96. The van der Waals surface area contributed by atoms with Crippen LogP contribution < -0.4 is 4.90 Å². The van der Waals surface area contributed by atoms with E-state index in [0.29, 0.717) is 0 Å². The molecule has 0 bridgehead atoms. The number of nitrogens with zero attached hydrogens (tertiary/aromatic N) is 2. The Morgan fingerprint density at radius 3 is 2.76 bits per heavy atom. The number of benzene rings is 1. The van der Waals surface area contributed by atoms with Gasteiger partial charge in [0.2, 0.25) is 5.88 Å². The molecule has 5 heteroatoms. The van der Waals surface area contributed by atoms with E-state index in [4.69, 9.17) is 9.15 Å². The first-order valence-corrected chi connectivity index (χ1v) is 7.75. The van der Waals surface area contributed by atoms with E-state index < -0.39 is 0 Å². The predicted molar refractivity (Wildman–Crippen MR) is 87.9 cm³/mol. The lowest BCUT2D eigenvalue weighted by molar-refractivity contribution is 0.120. The highest BCUT2D eigenvalue weighted by atomic mass is 79.9. The van der Waals surface area contributed by atoms with Crippen molar-refractivity contribution in [3.63, 3.8) is 0 Å². The summed E-state index contributed by atoms with van der Waals surface area (Å²) in [5, 5.41) is 0. The topological polar surface area (TPSA) is 38.0 Å². The Kier molecular flexibility index (Phi) is 4.41. The van der Waals surface area contributed by atoms with Crippen LogP contribution in [0.5, 0.6) is 0 Å². The summed E-state index contributed by atoms with van der Waals surface area (Å²) in [7, 11) is 0. The molecule has 1 aliphatic rings.